The van der Waals surface area contributed by atoms with Crippen LogP contribution in [-0.4, -0.2) is 45.7 Å². The standard InChI is InChI=1S/C14H8FN3S2.C7H15NO/c15-12-10(1-2-11-13(12)17-7-20-11)18-9-3-5-16-14-8(9)4-6-19-14;1-7-3-2-4-8(7)5-6-9/h1-7H,(H,16,18);7,9H,2-6H2,1H3. The fourth-order valence-corrected chi connectivity index (χ4v) is 5.01. The van der Waals surface area contributed by atoms with Gasteiger partial charge in [0.25, 0.3) is 0 Å². The zero-order valence-electron chi connectivity index (χ0n) is 16.1. The molecule has 1 atom stereocenters. The molecular weight excluding hydrogens is 407 g/mol. The number of aliphatic hydroxyl groups excluding tert-OH is 1. The highest BCUT2D eigenvalue weighted by Gasteiger charge is 2.18. The average molecular weight is 431 g/mol. The van der Waals surface area contributed by atoms with Gasteiger partial charge >= 0.3 is 0 Å². The number of rotatable bonds is 4. The summed E-state index contributed by atoms with van der Waals surface area (Å²) in [4.78, 5) is 11.6. The number of thiazole rings is 1. The number of aromatic nitrogens is 2. The molecule has 1 fully saturated rings. The van der Waals surface area contributed by atoms with Crippen molar-refractivity contribution < 1.29 is 9.50 Å². The second-order valence-electron chi connectivity index (χ2n) is 7.00. The number of nitrogens with zero attached hydrogens (tertiary/aromatic N) is 3. The largest absolute Gasteiger partial charge is 0.395 e. The number of fused-ring (bicyclic) bond motifs is 2. The predicted octanol–water partition coefficient (Wildman–Crippen LogP) is 5.25. The minimum absolute atomic E-state index is 0.310. The van der Waals surface area contributed by atoms with Gasteiger partial charge in [-0.25, -0.2) is 14.4 Å². The van der Waals surface area contributed by atoms with E-state index in [0.29, 0.717) is 23.9 Å². The minimum atomic E-state index is -0.316. The first-order valence-corrected chi connectivity index (χ1v) is 11.4. The number of hydrogen-bond acceptors (Lipinski definition) is 7. The van der Waals surface area contributed by atoms with Crippen molar-refractivity contribution in [2.24, 2.45) is 0 Å². The number of benzene rings is 1. The zero-order valence-corrected chi connectivity index (χ0v) is 17.8. The maximum atomic E-state index is 14.4. The highest BCUT2D eigenvalue weighted by molar-refractivity contribution is 7.17. The van der Waals surface area contributed by atoms with Crippen molar-refractivity contribution in [3.05, 3.63) is 47.2 Å². The Bertz CT molecular complexity index is 1100. The molecule has 2 N–H and O–H groups in total. The maximum absolute atomic E-state index is 14.4. The Labute approximate surface area is 176 Å². The highest BCUT2D eigenvalue weighted by Crippen LogP contribution is 2.32. The third-order valence-corrected chi connectivity index (χ3v) is 6.77. The van der Waals surface area contributed by atoms with Gasteiger partial charge in [-0.1, -0.05) is 0 Å². The molecule has 0 saturated carbocycles. The molecular formula is C21H23FN4OS2. The number of anilines is 2. The van der Waals surface area contributed by atoms with E-state index in [-0.39, 0.29) is 5.82 Å². The van der Waals surface area contributed by atoms with Crippen molar-refractivity contribution in [2.75, 3.05) is 25.0 Å². The van der Waals surface area contributed by atoms with Crippen LogP contribution in [0.3, 0.4) is 0 Å². The number of likely N-dealkylation sites (tertiary alicyclic amines) is 1. The summed E-state index contributed by atoms with van der Waals surface area (Å²) in [5.41, 5.74) is 3.35. The minimum Gasteiger partial charge on any atom is -0.395 e. The number of pyridine rings is 1. The highest BCUT2D eigenvalue weighted by atomic mass is 32.1. The number of thiophene rings is 1. The monoisotopic (exact) mass is 430 g/mol. The van der Waals surface area contributed by atoms with Gasteiger partial charge in [0.1, 0.15) is 10.3 Å². The lowest BCUT2D eigenvalue weighted by Crippen LogP contribution is -2.29. The van der Waals surface area contributed by atoms with Crippen LogP contribution in [0.4, 0.5) is 15.8 Å². The first-order valence-electron chi connectivity index (χ1n) is 9.63. The topological polar surface area (TPSA) is 61.3 Å². The van der Waals surface area contributed by atoms with E-state index < -0.39 is 0 Å². The summed E-state index contributed by atoms with van der Waals surface area (Å²) in [5, 5.41) is 14.7. The van der Waals surface area contributed by atoms with Gasteiger partial charge in [-0.3, -0.25) is 4.90 Å². The summed E-state index contributed by atoms with van der Waals surface area (Å²) in [6, 6.07) is 8.16. The zero-order chi connectivity index (χ0) is 20.2. The molecule has 0 radical (unpaired) electrons. The lowest BCUT2D eigenvalue weighted by Gasteiger charge is -2.18. The molecule has 1 saturated heterocycles. The second kappa shape index (κ2) is 9.13. The predicted molar refractivity (Wildman–Crippen MR) is 120 cm³/mol. The molecule has 5 nitrogen and oxygen atoms in total. The quantitative estimate of drug-likeness (QED) is 0.463. The third-order valence-electron chi connectivity index (χ3n) is 5.16. The van der Waals surface area contributed by atoms with Crippen LogP contribution in [0.5, 0.6) is 0 Å². The van der Waals surface area contributed by atoms with Gasteiger partial charge in [0, 0.05) is 24.2 Å². The Hall–Kier alpha value is -2.13. The summed E-state index contributed by atoms with van der Waals surface area (Å²) in [5.74, 6) is -0.316. The normalized spacial score (nSPS) is 16.9. The molecule has 0 bridgehead atoms. The van der Waals surface area contributed by atoms with Crippen molar-refractivity contribution in [3.8, 4) is 0 Å². The Kier molecular flexibility index (Phi) is 6.34. The van der Waals surface area contributed by atoms with Gasteiger partial charge in [-0.15, -0.1) is 22.7 Å². The molecule has 1 aliphatic heterocycles. The molecule has 1 aromatic carbocycles. The number of β-amino-alcohol motifs (C(OH)–C–C–N with tert-alkyl or cyclic N) is 1. The van der Waals surface area contributed by atoms with Gasteiger partial charge in [0.05, 0.1) is 28.2 Å². The molecule has 4 aromatic rings. The van der Waals surface area contributed by atoms with E-state index in [4.69, 9.17) is 5.11 Å². The summed E-state index contributed by atoms with van der Waals surface area (Å²) in [7, 11) is 0. The van der Waals surface area contributed by atoms with E-state index in [0.717, 1.165) is 27.1 Å². The molecule has 152 valence electrons. The van der Waals surface area contributed by atoms with Gasteiger partial charge in [-0.05, 0) is 56.0 Å². The smallest absolute Gasteiger partial charge is 0.173 e. The Morgan fingerprint density at radius 2 is 2.10 bits per heavy atom. The van der Waals surface area contributed by atoms with Crippen molar-refractivity contribution in [1.29, 1.82) is 0 Å². The fraction of sp³-hybridized carbons (Fsp3) is 0.333. The summed E-state index contributed by atoms with van der Waals surface area (Å²) >= 11 is 3.00. The van der Waals surface area contributed by atoms with E-state index in [1.54, 1.807) is 29.1 Å². The maximum Gasteiger partial charge on any atom is 0.173 e. The van der Waals surface area contributed by atoms with Crippen molar-refractivity contribution in [3.63, 3.8) is 0 Å². The van der Waals surface area contributed by atoms with E-state index in [1.165, 1.54) is 30.7 Å². The molecule has 0 amide bonds. The average Bonchev–Trinajstić information content (AvgIpc) is 3.47. The van der Waals surface area contributed by atoms with E-state index >= 15 is 0 Å². The lowest BCUT2D eigenvalue weighted by atomic mass is 10.2. The number of hydrogen-bond donors (Lipinski definition) is 2. The molecule has 3 aromatic heterocycles. The molecule has 0 spiro atoms. The number of nitrogens with one attached hydrogen (secondary N) is 1. The molecule has 0 aliphatic carbocycles. The first kappa shape index (κ1) is 20.2. The Morgan fingerprint density at radius 3 is 2.90 bits per heavy atom. The van der Waals surface area contributed by atoms with E-state index in [9.17, 15) is 4.39 Å². The van der Waals surface area contributed by atoms with Crippen molar-refractivity contribution in [1.82, 2.24) is 14.9 Å². The SMILES string of the molecule is CC1CCCN1CCO.Fc1c(Nc2ccnc3sccc23)ccc2scnc12. The van der Waals surface area contributed by atoms with Crippen molar-refractivity contribution >= 4 is 54.5 Å². The van der Waals surface area contributed by atoms with Crippen LogP contribution in [-0.2, 0) is 0 Å². The van der Waals surface area contributed by atoms with Gasteiger partial charge in [-0.2, -0.15) is 0 Å². The number of halogens is 1. The van der Waals surface area contributed by atoms with Crippen LogP contribution >= 0.6 is 22.7 Å². The van der Waals surface area contributed by atoms with Crippen LogP contribution in [0, 0.1) is 5.82 Å². The van der Waals surface area contributed by atoms with Crippen LogP contribution in [0.15, 0.2) is 41.4 Å². The van der Waals surface area contributed by atoms with Gasteiger partial charge in [0.15, 0.2) is 5.82 Å². The van der Waals surface area contributed by atoms with Gasteiger partial charge in [0.2, 0.25) is 0 Å². The third kappa shape index (κ3) is 4.40. The lowest BCUT2D eigenvalue weighted by molar-refractivity contribution is 0.192. The van der Waals surface area contributed by atoms with E-state index in [2.05, 4.69) is 27.1 Å². The van der Waals surface area contributed by atoms with Crippen LogP contribution in [0.25, 0.3) is 20.4 Å². The Balaban J connectivity index is 0.000000192. The summed E-state index contributed by atoms with van der Waals surface area (Å²) < 4.78 is 15.2. The van der Waals surface area contributed by atoms with Crippen LogP contribution < -0.4 is 5.32 Å². The fourth-order valence-electron chi connectivity index (χ4n) is 3.58. The Morgan fingerprint density at radius 1 is 1.21 bits per heavy atom. The molecule has 8 heteroatoms. The molecule has 4 heterocycles. The van der Waals surface area contributed by atoms with Crippen LogP contribution in [0.1, 0.15) is 19.8 Å². The van der Waals surface area contributed by atoms with Gasteiger partial charge < -0.3 is 10.4 Å². The molecule has 1 aliphatic rings. The van der Waals surface area contributed by atoms with E-state index in [1.807, 2.05) is 23.6 Å². The first-order chi connectivity index (χ1) is 14.2. The molecule has 1 unspecified atom stereocenters. The molecule has 5 rings (SSSR count). The van der Waals surface area contributed by atoms with Crippen molar-refractivity contribution in [2.45, 2.75) is 25.8 Å². The van der Waals surface area contributed by atoms with Crippen LogP contribution in [0.2, 0.25) is 0 Å². The summed E-state index contributed by atoms with van der Waals surface area (Å²) in [6.45, 7) is 4.58. The summed E-state index contributed by atoms with van der Waals surface area (Å²) in [6.07, 6.45) is 4.33. The molecule has 29 heavy (non-hydrogen) atoms. The second-order valence-corrected chi connectivity index (χ2v) is 8.78. The number of aliphatic hydroxyl groups is 1.